The van der Waals surface area contributed by atoms with Crippen molar-refractivity contribution in [1.29, 1.82) is 0 Å². The molecule has 2 aliphatic heterocycles. The number of piperazine rings is 1. The molecule has 2 aliphatic rings. The molecule has 9 heteroatoms. The van der Waals surface area contributed by atoms with Gasteiger partial charge in [-0.1, -0.05) is 60.1 Å². The number of carbonyl (C=O) groups excluding carboxylic acids is 3. The Bertz CT molecular complexity index is 1370. The van der Waals surface area contributed by atoms with Gasteiger partial charge in [-0.2, -0.15) is 0 Å². The Labute approximate surface area is 239 Å². The lowest BCUT2D eigenvalue weighted by Crippen LogP contribution is -2.58. The van der Waals surface area contributed by atoms with Gasteiger partial charge in [0.05, 0.1) is 24.4 Å². The summed E-state index contributed by atoms with van der Waals surface area (Å²) in [5, 5.41) is 6.98. The lowest BCUT2D eigenvalue weighted by Gasteiger charge is -2.38. The van der Waals surface area contributed by atoms with Crippen molar-refractivity contribution in [3.63, 3.8) is 0 Å². The minimum absolute atomic E-state index is 0.125. The van der Waals surface area contributed by atoms with E-state index in [0.29, 0.717) is 56.2 Å². The first-order chi connectivity index (χ1) is 19.4. The zero-order chi connectivity index (χ0) is 28.1. The molecule has 5 rings (SSSR count). The van der Waals surface area contributed by atoms with Gasteiger partial charge in [0.1, 0.15) is 6.04 Å². The summed E-state index contributed by atoms with van der Waals surface area (Å²) in [6.07, 6.45) is 0.929. The molecule has 40 heavy (non-hydrogen) atoms. The van der Waals surface area contributed by atoms with E-state index in [4.69, 9.17) is 16.3 Å². The molecule has 0 aromatic heterocycles. The van der Waals surface area contributed by atoms with Crippen molar-refractivity contribution in [3.8, 4) is 0 Å². The van der Waals surface area contributed by atoms with Gasteiger partial charge in [0.25, 0.3) is 0 Å². The molecule has 0 radical (unpaired) electrons. The van der Waals surface area contributed by atoms with Gasteiger partial charge in [-0.25, -0.2) is 4.79 Å². The molecular weight excluding hydrogens is 528 g/mol. The van der Waals surface area contributed by atoms with Gasteiger partial charge in [-0.05, 0) is 47.4 Å². The van der Waals surface area contributed by atoms with E-state index in [9.17, 15) is 14.4 Å². The van der Waals surface area contributed by atoms with Crippen molar-refractivity contribution in [1.82, 2.24) is 15.5 Å². The van der Waals surface area contributed by atoms with Gasteiger partial charge >= 0.3 is 5.97 Å². The Hall–Kier alpha value is -3.88. The molecule has 3 aromatic carbocycles. The quantitative estimate of drug-likeness (QED) is 0.431. The molecule has 1 fully saturated rings. The summed E-state index contributed by atoms with van der Waals surface area (Å²) >= 11 is 6.08. The normalized spacial score (nSPS) is 17.5. The second-order valence-electron chi connectivity index (χ2n) is 10.1. The summed E-state index contributed by atoms with van der Waals surface area (Å²) in [6, 6.07) is 21.6. The van der Waals surface area contributed by atoms with Crippen LogP contribution in [0.15, 0.2) is 72.8 Å². The first-order valence-corrected chi connectivity index (χ1v) is 13.9. The van der Waals surface area contributed by atoms with E-state index in [-0.39, 0.29) is 11.8 Å². The molecule has 1 saturated heterocycles. The fourth-order valence-corrected chi connectivity index (χ4v) is 5.51. The van der Waals surface area contributed by atoms with Crippen molar-refractivity contribution in [2.45, 2.75) is 31.5 Å². The number of benzene rings is 3. The molecule has 2 N–H and O–H groups in total. The minimum Gasteiger partial charge on any atom is -0.465 e. The van der Waals surface area contributed by atoms with Gasteiger partial charge in [0.2, 0.25) is 11.8 Å². The number of fused-ring (bicyclic) bond motifs is 1. The third-order valence-electron chi connectivity index (χ3n) is 7.61. The van der Waals surface area contributed by atoms with E-state index in [2.05, 4.69) is 21.6 Å². The monoisotopic (exact) mass is 560 g/mol. The summed E-state index contributed by atoms with van der Waals surface area (Å²) in [5.41, 5.74) is 4.53. The fourth-order valence-electron chi connectivity index (χ4n) is 5.39. The third kappa shape index (κ3) is 6.29. The van der Waals surface area contributed by atoms with Gasteiger partial charge in [-0.3, -0.25) is 9.59 Å². The topological polar surface area (TPSA) is 91.0 Å². The average molecular weight is 561 g/mol. The smallest absolute Gasteiger partial charge is 0.339 e. The molecule has 2 atom stereocenters. The number of rotatable bonds is 7. The van der Waals surface area contributed by atoms with Crippen LogP contribution in [0.1, 0.15) is 27.0 Å². The molecule has 0 bridgehead atoms. The number of ether oxygens (including phenoxy) is 1. The van der Waals surface area contributed by atoms with Crippen LogP contribution in [0.3, 0.4) is 0 Å². The number of methoxy groups -OCH3 is 1. The molecule has 8 nitrogen and oxygen atoms in total. The Morgan fingerprint density at radius 2 is 1.62 bits per heavy atom. The predicted molar refractivity (Wildman–Crippen MR) is 154 cm³/mol. The Balaban J connectivity index is 1.28. The maximum Gasteiger partial charge on any atom is 0.339 e. The number of amides is 2. The minimum atomic E-state index is -0.721. The second kappa shape index (κ2) is 12.5. The van der Waals surface area contributed by atoms with Gasteiger partial charge < -0.3 is 25.2 Å². The number of carbonyl (C=O) groups is 3. The van der Waals surface area contributed by atoms with Crippen LogP contribution in [-0.2, 0) is 33.7 Å². The number of halogens is 1. The van der Waals surface area contributed by atoms with Crippen molar-refractivity contribution in [2.24, 2.45) is 0 Å². The van der Waals surface area contributed by atoms with Crippen LogP contribution in [0, 0.1) is 0 Å². The van der Waals surface area contributed by atoms with E-state index < -0.39 is 18.1 Å². The summed E-state index contributed by atoms with van der Waals surface area (Å²) in [6.45, 7) is 2.66. The van der Waals surface area contributed by atoms with Crippen LogP contribution in [0.4, 0.5) is 5.69 Å². The van der Waals surface area contributed by atoms with E-state index in [1.54, 1.807) is 29.2 Å². The SMILES string of the molecule is COC(=O)c1ccccc1N1CCN(C(=O)[C@@H](Cc2ccc(Cl)cc2)NC(=O)[C@@H]2Cc3ccccc3CN2)CC1. The number of nitrogens with one attached hydrogen (secondary N) is 2. The highest BCUT2D eigenvalue weighted by Crippen LogP contribution is 2.23. The largest absolute Gasteiger partial charge is 0.465 e. The first-order valence-electron chi connectivity index (χ1n) is 13.5. The van der Waals surface area contributed by atoms with Crippen LogP contribution < -0.4 is 15.5 Å². The highest BCUT2D eigenvalue weighted by Gasteiger charge is 2.32. The first kappa shape index (κ1) is 27.7. The summed E-state index contributed by atoms with van der Waals surface area (Å²) in [5.74, 6) is -0.702. The molecular formula is C31H33ClN4O4. The number of para-hydroxylation sites is 1. The van der Waals surface area contributed by atoms with Crippen LogP contribution >= 0.6 is 11.6 Å². The molecule has 2 amide bonds. The van der Waals surface area contributed by atoms with Crippen LogP contribution in [0.2, 0.25) is 5.02 Å². The average Bonchev–Trinajstić information content (AvgIpc) is 3.00. The van der Waals surface area contributed by atoms with Gasteiger partial charge in [-0.15, -0.1) is 0 Å². The number of esters is 1. The molecule has 2 heterocycles. The fraction of sp³-hybridized carbons (Fsp3) is 0.323. The number of anilines is 1. The molecule has 0 aliphatic carbocycles. The summed E-state index contributed by atoms with van der Waals surface area (Å²) < 4.78 is 4.95. The molecule has 0 saturated carbocycles. The van der Waals surface area contributed by atoms with E-state index in [0.717, 1.165) is 16.8 Å². The van der Waals surface area contributed by atoms with E-state index in [1.165, 1.54) is 12.7 Å². The lowest BCUT2D eigenvalue weighted by atomic mass is 9.95. The van der Waals surface area contributed by atoms with Crippen LogP contribution in [0.5, 0.6) is 0 Å². The molecule has 208 valence electrons. The van der Waals surface area contributed by atoms with Crippen molar-refractivity contribution in [2.75, 3.05) is 38.2 Å². The van der Waals surface area contributed by atoms with Crippen molar-refractivity contribution in [3.05, 3.63) is 100 Å². The van der Waals surface area contributed by atoms with Gasteiger partial charge in [0, 0.05) is 44.2 Å². The third-order valence-corrected chi connectivity index (χ3v) is 7.86. The molecule has 0 spiro atoms. The van der Waals surface area contributed by atoms with E-state index in [1.807, 2.05) is 42.5 Å². The highest BCUT2D eigenvalue weighted by atomic mass is 35.5. The van der Waals surface area contributed by atoms with Crippen molar-refractivity contribution < 1.29 is 19.1 Å². The Morgan fingerprint density at radius 1 is 0.950 bits per heavy atom. The molecule has 3 aromatic rings. The maximum absolute atomic E-state index is 13.8. The van der Waals surface area contributed by atoms with E-state index >= 15 is 0 Å². The summed E-state index contributed by atoms with van der Waals surface area (Å²) in [7, 11) is 1.37. The standard InChI is InChI=1S/C31H33ClN4O4/c1-40-31(39)25-8-4-5-9-28(25)35-14-16-36(17-15-35)30(38)27(18-21-10-12-24(32)13-11-21)34-29(37)26-19-22-6-2-3-7-23(22)20-33-26/h2-13,26-27,33H,14-20H2,1H3,(H,34,37)/t26-,27+/m0/s1. The lowest BCUT2D eigenvalue weighted by molar-refractivity contribution is -0.137. The summed E-state index contributed by atoms with van der Waals surface area (Å²) in [4.78, 5) is 43.4. The Kier molecular flexibility index (Phi) is 8.67. The number of nitrogens with zero attached hydrogens (tertiary/aromatic N) is 2. The van der Waals surface area contributed by atoms with Crippen LogP contribution in [0.25, 0.3) is 0 Å². The zero-order valence-corrected chi connectivity index (χ0v) is 23.2. The predicted octanol–water partition coefficient (Wildman–Crippen LogP) is 3.22. The molecule has 0 unspecified atom stereocenters. The van der Waals surface area contributed by atoms with Crippen molar-refractivity contribution >= 4 is 35.1 Å². The number of hydrogen-bond acceptors (Lipinski definition) is 6. The zero-order valence-electron chi connectivity index (χ0n) is 22.4. The van der Waals surface area contributed by atoms with Gasteiger partial charge in [0.15, 0.2) is 0 Å². The Morgan fingerprint density at radius 3 is 2.35 bits per heavy atom. The second-order valence-corrected chi connectivity index (χ2v) is 10.6. The highest BCUT2D eigenvalue weighted by molar-refractivity contribution is 6.30. The maximum atomic E-state index is 13.8. The number of hydrogen-bond donors (Lipinski definition) is 2. The van der Waals surface area contributed by atoms with Crippen LogP contribution in [-0.4, -0.2) is 68.1 Å².